The Morgan fingerprint density at radius 1 is 1.56 bits per heavy atom. The molecule has 0 unspecified atom stereocenters. The van der Waals surface area contributed by atoms with Crippen molar-refractivity contribution in [2.75, 3.05) is 13.7 Å². The Bertz CT molecular complexity index is 490. The van der Waals surface area contributed by atoms with Gasteiger partial charge in [-0.05, 0) is 34.1 Å². The predicted molar refractivity (Wildman–Crippen MR) is 69.6 cm³/mol. The standard InChI is InChI=1S/C12H13BrN2O3/c1-18-8-2-3-10(13)9(5-8)12(17)15-7-4-11(16)14-6-7/h2-3,5,7H,4,6H2,1H3,(H,14,16)(H,15,17)/t7-/m0/s1. The van der Waals surface area contributed by atoms with Crippen molar-refractivity contribution in [1.82, 2.24) is 10.6 Å². The molecule has 1 heterocycles. The van der Waals surface area contributed by atoms with Crippen molar-refractivity contribution in [1.29, 1.82) is 0 Å². The van der Waals surface area contributed by atoms with Crippen molar-refractivity contribution in [3.05, 3.63) is 28.2 Å². The molecule has 1 aromatic carbocycles. The first-order valence-electron chi connectivity index (χ1n) is 5.51. The smallest absolute Gasteiger partial charge is 0.252 e. The van der Waals surface area contributed by atoms with Gasteiger partial charge >= 0.3 is 0 Å². The SMILES string of the molecule is COc1ccc(Br)c(C(=O)N[C@@H]2CNC(=O)C2)c1. The van der Waals surface area contributed by atoms with Crippen LogP contribution in [0.15, 0.2) is 22.7 Å². The molecule has 0 aromatic heterocycles. The fraction of sp³-hybridized carbons (Fsp3) is 0.333. The van der Waals surface area contributed by atoms with Gasteiger partial charge in [-0.1, -0.05) is 0 Å². The summed E-state index contributed by atoms with van der Waals surface area (Å²) < 4.78 is 5.77. The molecule has 0 aliphatic carbocycles. The minimum absolute atomic E-state index is 0.0370. The fourth-order valence-electron chi connectivity index (χ4n) is 1.78. The second kappa shape index (κ2) is 5.39. The number of methoxy groups -OCH3 is 1. The zero-order chi connectivity index (χ0) is 13.1. The zero-order valence-corrected chi connectivity index (χ0v) is 11.4. The Kier molecular flexibility index (Phi) is 3.86. The summed E-state index contributed by atoms with van der Waals surface area (Å²) >= 11 is 3.32. The Labute approximate surface area is 113 Å². The summed E-state index contributed by atoms with van der Waals surface area (Å²) in [5.74, 6) is 0.358. The van der Waals surface area contributed by atoms with E-state index in [-0.39, 0.29) is 17.9 Å². The average molecular weight is 313 g/mol. The zero-order valence-electron chi connectivity index (χ0n) is 9.83. The van der Waals surface area contributed by atoms with Crippen LogP contribution in [-0.4, -0.2) is 31.5 Å². The summed E-state index contributed by atoms with van der Waals surface area (Å²) in [6.45, 7) is 0.478. The lowest BCUT2D eigenvalue weighted by Gasteiger charge is -2.12. The molecule has 1 atom stereocenters. The number of carbonyl (C=O) groups is 2. The van der Waals surface area contributed by atoms with Gasteiger partial charge in [-0.3, -0.25) is 9.59 Å². The first-order chi connectivity index (χ1) is 8.60. The number of amides is 2. The van der Waals surface area contributed by atoms with E-state index in [1.807, 2.05) is 0 Å². The summed E-state index contributed by atoms with van der Waals surface area (Å²) in [4.78, 5) is 23.1. The molecule has 0 radical (unpaired) electrons. The lowest BCUT2D eigenvalue weighted by Crippen LogP contribution is -2.36. The minimum Gasteiger partial charge on any atom is -0.497 e. The van der Waals surface area contributed by atoms with E-state index in [1.54, 1.807) is 25.3 Å². The lowest BCUT2D eigenvalue weighted by molar-refractivity contribution is -0.119. The van der Waals surface area contributed by atoms with Crippen LogP contribution in [0.5, 0.6) is 5.75 Å². The molecular formula is C12H13BrN2O3. The van der Waals surface area contributed by atoms with E-state index in [4.69, 9.17) is 4.74 Å². The van der Waals surface area contributed by atoms with E-state index in [1.165, 1.54) is 0 Å². The highest BCUT2D eigenvalue weighted by molar-refractivity contribution is 9.10. The van der Waals surface area contributed by atoms with Gasteiger partial charge in [-0.2, -0.15) is 0 Å². The van der Waals surface area contributed by atoms with Crippen molar-refractivity contribution in [3.8, 4) is 5.75 Å². The third-order valence-electron chi connectivity index (χ3n) is 2.73. The molecule has 18 heavy (non-hydrogen) atoms. The summed E-state index contributed by atoms with van der Waals surface area (Å²) in [6.07, 6.45) is 0.327. The van der Waals surface area contributed by atoms with Crippen LogP contribution in [0.2, 0.25) is 0 Å². The Balaban J connectivity index is 2.10. The summed E-state index contributed by atoms with van der Waals surface area (Å²) in [5, 5.41) is 5.48. The number of ether oxygens (including phenoxy) is 1. The highest BCUT2D eigenvalue weighted by atomic mass is 79.9. The number of rotatable bonds is 3. The fourth-order valence-corrected chi connectivity index (χ4v) is 2.20. The molecule has 1 aromatic rings. The number of hydrogen-bond donors (Lipinski definition) is 2. The normalized spacial score (nSPS) is 18.3. The van der Waals surface area contributed by atoms with Gasteiger partial charge in [0.25, 0.3) is 5.91 Å². The second-order valence-electron chi connectivity index (χ2n) is 4.02. The minimum atomic E-state index is -0.220. The van der Waals surface area contributed by atoms with E-state index < -0.39 is 0 Å². The highest BCUT2D eigenvalue weighted by Gasteiger charge is 2.24. The number of nitrogens with one attached hydrogen (secondary N) is 2. The highest BCUT2D eigenvalue weighted by Crippen LogP contribution is 2.22. The maximum absolute atomic E-state index is 12.1. The Hall–Kier alpha value is -1.56. The molecule has 0 bridgehead atoms. The first kappa shape index (κ1) is 12.9. The van der Waals surface area contributed by atoms with Crippen LogP contribution in [0.3, 0.4) is 0 Å². The van der Waals surface area contributed by atoms with Crippen LogP contribution in [-0.2, 0) is 4.79 Å². The van der Waals surface area contributed by atoms with E-state index in [0.717, 1.165) is 0 Å². The molecule has 1 aliphatic heterocycles. The quantitative estimate of drug-likeness (QED) is 0.877. The van der Waals surface area contributed by atoms with E-state index >= 15 is 0 Å². The monoisotopic (exact) mass is 312 g/mol. The molecule has 1 fully saturated rings. The van der Waals surface area contributed by atoms with Gasteiger partial charge in [0.15, 0.2) is 0 Å². The maximum Gasteiger partial charge on any atom is 0.252 e. The third kappa shape index (κ3) is 2.81. The Morgan fingerprint density at radius 2 is 2.33 bits per heavy atom. The molecule has 1 aliphatic rings. The van der Waals surface area contributed by atoms with Gasteiger partial charge in [-0.15, -0.1) is 0 Å². The molecule has 2 amide bonds. The molecule has 6 heteroatoms. The molecule has 2 N–H and O–H groups in total. The van der Waals surface area contributed by atoms with Crippen molar-refractivity contribution >= 4 is 27.7 Å². The van der Waals surface area contributed by atoms with Gasteiger partial charge in [0.05, 0.1) is 18.7 Å². The number of hydrogen-bond acceptors (Lipinski definition) is 3. The van der Waals surface area contributed by atoms with Gasteiger partial charge < -0.3 is 15.4 Å². The molecule has 96 valence electrons. The second-order valence-corrected chi connectivity index (χ2v) is 4.88. The number of benzene rings is 1. The first-order valence-corrected chi connectivity index (χ1v) is 6.30. The molecule has 0 saturated carbocycles. The van der Waals surface area contributed by atoms with Gasteiger partial charge in [0, 0.05) is 17.4 Å². The van der Waals surface area contributed by atoms with Gasteiger partial charge in [0.1, 0.15) is 5.75 Å². The van der Waals surface area contributed by atoms with E-state index in [2.05, 4.69) is 26.6 Å². The predicted octanol–water partition coefficient (Wildman–Crippen LogP) is 1.08. The van der Waals surface area contributed by atoms with Crippen LogP contribution in [0.25, 0.3) is 0 Å². The van der Waals surface area contributed by atoms with Crippen LogP contribution in [0.4, 0.5) is 0 Å². The molecule has 2 rings (SSSR count). The van der Waals surface area contributed by atoms with Crippen LogP contribution >= 0.6 is 15.9 Å². The maximum atomic E-state index is 12.1. The third-order valence-corrected chi connectivity index (χ3v) is 3.42. The topological polar surface area (TPSA) is 67.4 Å². The van der Waals surface area contributed by atoms with Crippen molar-refractivity contribution < 1.29 is 14.3 Å². The van der Waals surface area contributed by atoms with Gasteiger partial charge in [0.2, 0.25) is 5.91 Å². The van der Waals surface area contributed by atoms with Crippen molar-refractivity contribution in [2.45, 2.75) is 12.5 Å². The van der Waals surface area contributed by atoms with Crippen molar-refractivity contribution in [3.63, 3.8) is 0 Å². The Morgan fingerprint density at radius 3 is 2.94 bits per heavy atom. The van der Waals surface area contributed by atoms with Gasteiger partial charge in [-0.25, -0.2) is 0 Å². The van der Waals surface area contributed by atoms with E-state index in [0.29, 0.717) is 28.8 Å². The van der Waals surface area contributed by atoms with Crippen LogP contribution < -0.4 is 15.4 Å². The molecule has 1 saturated heterocycles. The number of carbonyl (C=O) groups excluding carboxylic acids is 2. The van der Waals surface area contributed by atoms with Crippen LogP contribution in [0.1, 0.15) is 16.8 Å². The molecule has 0 spiro atoms. The number of halogens is 1. The molecular weight excluding hydrogens is 300 g/mol. The summed E-state index contributed by atoms with van der Waals surface area (Å²) in [7, 11) is 1.55. The largest absolute Gasteiger partial charge is 0.497 e. The lowest BCUT2D eigenvalue weighted by atomic mass is 10.1. The average Bonchev–Trinajstić information content (AvgIpc) is 2.75. The summed E-state index contributed by atoms with van der Waals surface area (Å²) in [6, 6.07) is 5.03. The summed E-state index contributed by atoms with van der Waals surface area (Å²) in [5.41, 5.74) is 0.494. The van der Waals surface area contributed by atoms with Crippen molar-refractivity contribution in [2.24, 2.45) is 0 Å². The van der Waals surface area contributed by atoms with Crippen LogP contribution in [0, 0.1) is 0 Å². The molecule has 5 nitrogen and oxygen atoms in total. The van der Waals surface area contributed by atoms with E-state index in [9.17, 15) is 9.59 Å².